The number of carbonyl (C=O) groups excluding carboxylic acids is 1. The van der Waals surface area contributed by atoms with Crippen LogP contribution in [0.25, 0.3) is 0 Å². The van der Waals surface area contributed by atoms with E-state index in [1.165, 1.54) is 22.6 Å². The lowest BCUT2D eigenvalue weighted by Gasteiger charge is -2.22. The molecule has 1 aliphatic heterocycles. The van der Waals surface area contributed by atoms with Gasteiger partial charge in [-0.05, 0) is 49.6 Å². The number of nitrogens with one attached hydrogen (secondary N) is 1. The summed E-state index contributed by atoms with van der Waals surface area (Å²) in [7, 11) is 1.98. The predicted octanol–water partition coefficient (Wildman–Crippen LogP) is 4.03. The maximum absolute atomic E-state index is 12.5. The number of anilines is 1. The number of aromatic nitrogens is 3. The van der Waals surface area contributed by atoms with Gasteiger partial charge in [-0.2, -0.15) is 5.10 Å². The molecule has 0 radical (unpaired) electrons. The van der Waals surface area contributed by atoms with Crippen LogP contribution in [-0.4, -0.2) is 32.1 Å². The van der Waals surface area contributed by atoms with E-state index < -0.39 is 0 Å². The number of benzene rings is 1. The monoisotopic (exact) mass is 395 g/mol. The van der Waals surface area contributed by atoms with Gasteiger partial charge in [0.1, 0.15) is 0 Å². The maximum atomic E-state index is 12.5. The van der Waals surface area contributed by atoms with E-state index in [0.717, 1.165) is 38.0 Å². The Hall–Kier alpha value is -2.51. The van der Waals surface area contributed by atoms with E-state index in [0.29, 0.717) is 16.7 Å². The quantitative estimate of drug-likeness (QED) is 0.684. The summed E-state index contributed by atoms with van der Waals surface area (Å²) in [6, 6.07) is 10.1. The molecule has 1 fully saturated rings. The molecule has 7 heteroatoms. The molecule has 0 bridgehead atoms. The molecular formula is C21H25N5OS. The summed E-state index contributed by atoms with van der Waals surface area (Å²) in [5.74, 6) is -0.110. The summed E-state index contributed by atoms with van der Waals surface area (Å²) in [6.07, 6.45) is 5.05. The Kier molecular flexibility index (Phi) is 5.54. The summed E-state index contributed by atoms with van der Waals surface area (Å²) < 4.78 is 1.92. The third-order valence-electron chi connectivity index (χ3n) is 5.36. The molecule has 0 spiro atoms. The van der Waals surface area contributed by atoms with Gasteiger partial charge in [-0.15, -0.1) is 11.3 Å². The first-order chi connectivity index (χ1) is 13.6. The molecule has 6 nitrogen and oxygen atoms in total. The lowest BCUT2D eigenvalue weighted by Crippen LogP contribution is -2.24. The summed E-state index contributed by atoms with van der Waals surface area (Å²) in [4.78, 5) is 19.7. The SMILES string of the molecule is CCc1ccc(C(=O)Nc2nc(C3CCCN3Cc3ccnn3C)cs2)cc1. The van der Waals surface area contributed by atoms with Gasteiger partial charge in [0, 0.05) is 30.7 Å². The third kappa shape index (κ3) is 4.00. The zero-order valence-corrected chi connectivity index (χ0v) is 17.1. The van der Waals surface area contributed by atoms with Crippen molar-refractivity contribution in [2.75, 3.05) is 11.9 Å². The number of thiazole rings is 1. The number of amides is 1. The first kappa shape index (κ1) is 18.8. The van der Waals surface area contributed by atoms with Gasteiger partial charge < -0.3 is 0 Å². The van der Waals surface area contributed by atoms with Gasteiger partial charge in [-0.3, -0.25) is 19.7 Å². The molecule has 1 aromatic carbocycles. The van der Waals surface area contributed by atoms with Crippen LogP contribution in [0.2, 0.25) is 0 Å². The van der Waals surface area contributed by atoms with Crippen molar-refractivity contribution in [1.29, 1.82) is 0 Å². The van der Waals surface area contributed by atoms with E-state index in [1.54, 1.807) is 0 Å². The lowest BCUT2D eigenvalue weighted by molar-refractivity contribution is 0.102. The average Bonchev–Trinajstić information content (AvgIpc) is 3.44. The second-order valence-corrected chi connectivity index (χ2v) is 8.01. The summed E-state index contributed by atoms with van der Waals surface area (Å²) in [5.41, 5.74) is 4.13. The molecule has 146 valence electrons. The van der Waals surface area contributed by atoms with Crippen LogP contribution < -0.4 is 5.32 Å². The minimum absolute atomic E-state index is 0.110. The zero-order valence-electron chi connectivity index (χ0n) is 16.3. The number of carbonyl (C=O) groups is 1. The molecule has 1 unspecified atom stereocenters. The summed E-state index contributed by atoms with van der Waals surface area (Å²) in [5, 5.41) is 9.94. The van der Waals surface area contributed by atoms with E-state index in [9.17, 15) is 4.79 Å². The lowest BCUT2D eigenvalue weighted by atomic mass is 10.1. The van der Waals surface area contributed by atoms with E-state index in [-0.39, 0.29) is 5.91 Å². The van der Waals surface area contributed by atoms with E-state index in [4.69, 9.17) is 4.98 Å². The van der Waals surface area contributed by atoms with Gasteiger partial charge in [-0.25, -0.2) is 4.98 Å². The standard InChI is InChI=1S/C21H25N5OS/c1-3-15-6-8-16(9-7-15)20(27)24-21-23-18(14-28-21)19-5-4-12-26(19)13-17-10-11-22-25(17)2/h6-11,14,19H,3-5,12-13H2,1-2H3,(H,23,24,27). The highest BCUT2D eigenvalue weighted by atomic mass is 32.1. The molecule has 2 aromatic heterocycles. The van der Waals surface area contributed by atoms with E-state index in [1.807, 2.05) is 42.2 Å². The predicted molar refractivity (Wildman–Crippen MR) is 111 cm³/mol. The Morgan fingerprint density at radius 1 is 1.29 bits per heavy atom. The number of likely N-dealkylation sites (tertiary alicyclic amines) is 1. The minimum atomic E-state index is -0.110. The van der Waals surface area contributed by atoms with Gasteiger partial charge in [0.15, 0.2) is 5.13 Å². The van der Waals surface area contributed by atoms with Crippen LogP contribution in [0.4, 0.5) is 5.13 Å². The van der Waals surface area contributed by atoms with Crippen molar-refractivity contribution in [2.45, 2.75) is 38.8 Å². The Bertz CT molecular complexity index is 946. The molecule has 28 heavy (non-hydrogen) atoms. The Labute approximate surface area is 169 Å². The smallest absolute Gasteiger partial charge is 0.257 e. The number of aryl methyl sites for hydroxylation is 2. The van der Waals surface area contributed by atoms with E-state index in [2.05, 4.69) is 33.7 Å². The van der Waals surface area contributed by atoms with Crippen molar-refractivity contribution in [3.63, 3.8) is 0 Å². The van der Waals surface area contributed by atoms with Gasteiger partial charge >= 0.3 is 0 Å². The van der Waals surface area contributed by atoms with Crippen LogP contribution in [0.3, 0.4) is 0 Å². The van der Waals surface area contributed by atoms with E-state index >= 15 is 0 Å². The number of rotatable bonds is 6. The van der Waals surface area contributed by atoms with Crippen LogP contribution in [0, 0.1) is 0 Å². The van der Waals surface area contributed by atoms with Crippen LogP contribution in [0.5, 0.6) is 0 Å². The fourth-order valence-corrected chi connectivity index (χ4v) is 4.42. The number of hydrogen-bond donors (Lipinski definition) is 1. The molecule has 1 saturated heterocycles. The Morgan fingerprint density at radius 2 is 2.11 bits per heavy atom. The summed E-state index contributed by atoms with van der Waals surface area (Å²) >= 11 is 1.49. The van der Waals surface area contributed by atoms with Crippen molar-refractivity contribution < 1.29 is 4.79 Å². The van der Waals surface area contributed by atoms with Gasteiger partial charge in [0.05, 0.1) is 17.4 Å². The zero-order chi connectivity index (χ0) is 19.5. The highest BCUT2D eigenvalue weighted by Crippen LogP contribution is 2.34. The van der Waals surface area contributed by atoms with Crippen molar-refractivity contribution in [3.8, 4) is 0 Å². The molecule has 3 heterocycles. The molecule has 4 rings (SSSR count). The highest BCUT2D eigenvalue weighted by molar-refractivity contribution is 7.14. The van der Waals surface area contributed by atoms with Gasteiger partial charge in [0.25, 0.3) is 5.91 Å². The fraction of sp³-hybridized carbons (Fsp3) is 0.381. The second kappa shape index (κ2) is 8.24. The molecule has 1 atom stereocenters. The van der Waals surface area contributed by atoms with Crippen LogP contribution in [0.1, 0.15) is 53.1 Å². The minimum Gasteiger partial charge on any atom is -0.298 e. The Balaban J connectivity index is 1.43. The van der Waals surface area contributed by atoms with Crippen molar-refractivity contribution >= 4 is 22.4 Å². The fourth-order valence-electron chi connectivity index (χ4n) is 3.67. The molecule has 0 saturated carbocycles. The second-order valence-electron chi connectivity index (χ2n) is 7.16. The summed E-state index contributed by atoms with van der Waals surface area (Å²) in [6.45, 7) is 4.02. The molecule has 1 aliphatic rings. The highest BCUT2D eigenvalue weighted by Gasteiger charge is 2.28. The molecular weight excluding hydrogens is 370 g/mol. The van der Waals surface area contributed by atoms with Crippen molar-refractivity contribution in [1.82, 2.24) is 19.7 Å². The Morgan fingerprint density at radius 3 is 2.82 bits per heavy atom. The van der Waals surface area contributed by atoms with Crippen LogP contribution in [0.15, 0.2) is 41.9 Å². The molecule has 1 N–H and O–H groups in total. The molecule has 3 aromatic rings. The average molecular weight is 396 g/mol. The van der Waals surface area contributed by atoms with Gasteiger partial charge in [-0.1, -0.05) is 19.1 Å². The first-order valence-electron chi connectivity index (χ1n) is 9.70. The topological polar surface area (TPSA) is 63.1 Å². The number of hydrogen-bond acceptors (Lipinski definition) is 5. The normalized spacial score (nSPS) is 17.1. The maximum Gasteiger partial charge on any atom is 0.257 e. The largest absolute Gasteiger partial charge is 0.298 e. The van der Waals surface area contributed by atoms with Crippen LogP contribution >= 0.6 is 11.3 Å². The van der Waals surface area contributed by atoms with Gasteiger partial charge in [0.2, 0.25) is 0 Å². The molecule has 1 amide bonds. The van der Waals surface area contributed by atoms with Crippen LogP contribution in [-0.2, 0) is 20.0 Å². The molecule has 0 aliphatic carbocycles. The van der Waals surface area contributed by atoms with Crippen molar-refractivity contribution in [2.24, 2.45) is 7.05 Å². The van der Waals surface area contributed by atoms with Crippen molar-refractivity contribution in [3.05, 3.63) is 64.4 Å². The third-order valence-corrected chi connectivity index (χ3v) is 6.14. The first-order valence-corrected chi connectivity index (χ1v) is 10.6. The number of nitrogens with zero attached hydrogens (tertiary/aromatic N) is 4.